The molecule has 0 rings (SSSR count). The van der Waals surface area contributed by atoms with Crippen LogP contribution in [0.3, 0.4) is 0 Å². The van der Waals surface area contributed by atoms with Crippen molar-refractivity contribution in [1.29, 1.82) is 0 Å². The largest absolute Gasteiger partial charge is 0.394 e. The lowest BCUT2D eigenvalue weighted by molar-refractivity contribution is 0.0907. The van der Waals surface area contributed by atoms with E-state index in [2.05, 4.69) is 5.32 Å². The van der Waals surface area contributed by atoms with Crippen LogP contribution in [0.15, 0.2) is 0 Å². The van der Waals surface area contributed by atoms with Gasteiger partial charge in [0, 0.05) is 20.3 Å². The van der Waals surface area contributed by atoms with Crippen molar-refractivity contribution in [3.8, 4) is 0 Å². The molecule has 14 heavy (non-hydrogen) atoms. The fraction of sp³-hybridized carbons (Fsp3) is 1.00. The average Bonchev–Trinajstić information content (AvgIpc) is 2.21. The van der Waals surface area contributed by atoms with Crippen LogP contribution in [0.5, 0.6) is 0 Å². The van der Waals surface area contributed by atoms with Gasteiger partial charge in [0.1, 0.15) is 0 Å². The second-order valence-corrected chi connectivity index (χ2v) is 3.14. The second kappa shape index (κ2) is 12.8. The summed E-state index contributed by atoms with van der Waals surface area (Å²) in [7, 11) is 1.73. The summed E-state index contributed by atoms with van der Waals surface area (Å²) in [6, 6.07) is 0. The third-order valence-corrected chi connectivity index (χ3v) is 1.83. The van der Waals surface area contributed by atoms with Crippen molar-refractivity contribution in [1.82, 2.24) is 5.32 Å². The average molecular weight is 205 g/mol. The van der Waals surface area contributed by atoms with Gasteiger partial charge in [-0.25, -0.2) is 0 Å². The first kappa shape index (κ1) is 13.8. The fourth-order valence-corrected chi connectivity index (χ4v) is 1.09. The number of unbranched alkanes of at least 4 members (excludes halogenated alkanes) is 1. The zero-order valence-electron chi connectivity index (χ0n) is 9.13. The molecule has 4 nitrogen and oxygen atoms in total. The van der Waals surface area contributed by atoms with E-state index in [4.69, 9.17) is 14.6 Å². The van der Waals surface area contributed by atoms with E-state index >= 15 is 0 Å². The summed E-state index contributed by atoms with van der Waals surface area (Å²) in [4.78, 5) is 0. The zero-order valence-corrected chi connectivity index (χ0v) is 9.13. The predicted molar refractivity (Wildman–Crippen MR) is 56.5 cm³/mol. The maximum Gasteiger partial charge on any atom is 0.0697 e. The highest BCUT2D eigenvalue weighted by atomic mass is 16.5. The summed E-state index contributed by atoms with van der Waals surface area (Å²) in [5.41, 5.74) is 0. The van der Waals surface area contributed by atoms with Crippen LogP contribution in [0.2, 0.25) is 0 Å². The quantitative estimate of drug-likeness (QED) is 0.479. The molecule has 0 aliphatic rings. The number of hydrogen-bond donors (Lipinski definition) is 2. The smallest absolute Gasteiger partial charge is 0.0697 e. The highest BCUT2D eigenvalue weighted by Gasteiger charge is 1.90. The van der Waals surface area contributed by atoms with Gasteiger partial charge in [-0.05, 0) is 32.4 Å². The first-order chi connectivity index (χ1) is 6.91. The number of nitrogens with one attached hydrogen (secondary N) is 1. The second-order valence-electron chi connectivity index (χ2n) is 3.14. The van der Waals surface area contributed by atoms with Crippen LogP contribution < -0.4 is 5.32 Å². The molecule has 0 amide bonds. The Kier molecular flexibility index (Phi) is 12.7. The summed E-state index contributed by atoms with van der Waals surface area (Å²) in [6.07, 6.45) is 3.28. The maximum absolute atomic E-state index is 8.44. The Labute approximate surface area is 86.6 Å². The van der Waals surface area contributed by atoms with E-state index in [0.717, 1.165) is 45.6 Å². The minimum atomic E-state index is 0.116. The summed E-state index contributed by atoms with van der Waals surface area (Å²) in [5, 5.41) is 11.8. The van der Waals surface area contributed by atoms with Crippen LogP contribution in [0, 0.1) is 0 Å². The van der Waals surface area contributed by atoms with Crippen molar-refractivity contribution < 1.29 is 14.6 Å². The molecule has 0 saturated heterocycles. The van der Waals surface area contributed by atoms with Gasteiger partial charge in [0.05, 0.1) is 13.2 Å². The molecule has 0 aromatic rings. The number of methoxy groups -OCH3 is 1. The van der Waals surface area contributed by atoms with E-state index in [0.29, 0.717) is 6.61 Å². The third kappa shape index (κ3) is 11.8. The summed E-state index contributed by atoms with van der Waals surface area (Å²) in [5.74, 6) is 0. The van der Waals surface area contributed by atoms with Crippen molar-refractivity contribution in [2.45, 2.75) is 19.3 Å². The van der Waals surface area contributed by atoms with Crippen LogP contribution in [0.4, 0.5) is 0 Å². The van der Waals surface area contributed by atoms with E-state index < -0.39 is 0 Å². The van der Waals surface area contributed by atoms with Gasteiger partial charge < -0.3 is 19.9 Å². The van der Waals surface area contributed by atoms with E-state index in [1.165, 1.54) is 0 Å². The maximum atomic E-state index is 8.44. The molecule has 0 unspecified atom stereocenters. The molecule has 0 aromatic heterocycles. The number of aliphatic hydroxyl groups is 1. The molecule has 4 heteroatoms. The molecule has 0 atom stereocenters. The molecule has 0 aliphatic carbocycles. The van der Waals surface area contributed by atoms with Gasteiger partial charge in [0.25, 0.3) is 0 Å². The highest BCUT2D eigenvalue weighted by molar-refractivity contribution is 4.48. The normalized spacial score (nSPS) is 10.7. The molecule has 0 aliphatic heterocycles. The van der Waals surface area contributed by atoms with E-state index in [1.54, 1.807) is 7.11 Å². The van der Waals surface area contributed by atoms with Gasteiger partial charge >= 0.3 is 0 Å². The Balaban J connectivity index is 2.78. The molecule has 0 heterocycles. The molecule has 0 fully saturated rings. The highest BCUT2D eigenvalue weighted by Crippen LogP contribution is 1.87. The van der Waals surface area contributed by atoms with Crippen LogP contribution >= 0.6 is 0 Å². The Hall–Kier alpha value is -0.160. The van der Waals surface area contributed by atoms with Crippen molar-refractivity contribution in [3.05, 3.63) is 0 Å². The summed E-state index contributed by atoms with van der Waals surface area (Å²) < 4.78 is 10.1. The standard InChI is InChI=1S/C10H23NO3/c1-13-8-3-2-5-11-6-4-9-14-10-7-12/h11-12H,2-10H2,1H3. The lowest BCUT2D eigenvalue weighted by Gasteiger charge is -2.04. The predicted octanol–water partition coefficient (Wildman–Crippen LogP) is 0.402. The van der Waals surface area contributed by atoms with Gasteiger partial charge in [-0.3, -0.25) is 0 Å². The lowest BCUT2D eigenvalue weighted by atomic mass is 10.3. The van der Waals surface area contributed by atoms with E-state index in [1.807, 2.05) is 0 Å². The summed E-state index contributed by atoms with van der Waals surface area (Å²) in [6.45, 7) is 4.17. The Morgan fingerprint density at radius 2 is 1.79 bits per heavy atom. The van der Waals surface area contributed by atoms with Gasteiger partial charge in [-0.2, -0.15) is 0 Å². The van der Waals surface area contributed by atoms with Crippen LogP contribution in [-0.4, -0.2) is 51.7 Å². The van der Waals surface area contributed by atoms with Crippen molar-refractivity contribution >= 4 is 0 Å². The SMILES string of the molecule is COCCCCNCCCOCCO. The molecular formula is C10H23NO3. The van der Waals surface area contributed by atoms with Crippen molar-refractivity contribution in [2.24, 2.45) is 0 Å². The molecule has 2 N–H and O–H groups in total. The monoisotopic (exact) mass is 205 g/mol. The minimum Gasteiger partial charge on any atom is -0.394 e. The number of aliphatic hydroxyl groups excluding tert-OH is 1. The molecule has 0 radical (unpaired) electrons. The van der Waals surface area contributed by atoms with Crippen LogP contribution in [-0.2, 0) is 9.47 Å². The van der Waals surface area contributed by atoms with Gasteiger partial charge in [0.15, 0.2) is 0 Å². The third-order valence-electron chi connectivity index (χ3n) is 1.83. The number of ether oxygens (including phenoxy) is 2. The minimum absolute atomic E-state index is 0.116. The first-order valence-corrected chi connectivity index (χ1v) is 5.30. The van der Waals surface area contributed by atoms with Gasteiger partial charge in [-0.1, -0.05) is 0 Å². The molecule has 0 spiro atoms. The van der Waals surface area contributed by atoms with Gasteiger partial charge in [-0.15, -0.1) is 0 Å². The number of rotatable bonds is 11. The number of hydrogen-bond acceptors (Lipinski definition) is 4. The lowest BCUT2D eigenvalue weighted by Crippen LogP contribution is -2.18. The molecular weight excluding hydrogens is 182 g/mol. The summed E-state index contributed by atoms with van der Waals surface area (Å²) >= 11 is 0. The van der Waals surface area contributed by atoms with E-state index in [-0.39, 0.29) is 6.61 Å². The van der Waals surface area contributed by atoms with Crippen LogP contribution in [0.25, 0.3) is 0 Å². The fourth-order valence-electron chi connectivity index (χ4n) is 1.09. The van der Waals surface area contributed by atoms with Crippen LogP contribution in [0.1, 0.15) is 19.3 Å². The Morgan fingerprint density at radius 3 is 2.50 bits per heavy atom. The first-order valence-electron chi connectivity index (χ1n) is 5.30. The Bertz CT molecular complexity index is 89.4. The topological polar surface area (TPSA) is 50.7 Å². The zero-order chi connectivity index (χ0) is 10.5. The molecule has 0 aromatic carbocycles. The molecule has 86 valence electrons. The van der Waals surface area contributed by atoms with Gasteiger partial charge in [0.2, 0.25) is 0 Å². The Morgan fingerprint density at radius 1 is 1.00 bits per heavy atom. The van der Waals surface area contributed by atoms with Crippen molar-refractivity contribution in [2.75, 3.05) is 46.6 Å². The van der Waals surface area contributed by atoms with Crippen molar-refractivity contribution in [3.63, 3.8) is 0 Å². The van der Waals surface area contributed by atoms with E-state index in [9.17, 15) is 0 Å². The molecule has 0 bridgehead atoms. The molecule has 0 saturated carbocycles.